The van der Waals surface area contributed by atoms with Crippen LogP contribution in [0.4, 0.5) is 17.6 Å². The molecule has 0 saturated carbocycles. The first-order valence-corrected chi connectivity index (χ1v) is 9.91. The van der Waals surface area contributed by atoms with Crippen molar-refractivity contribution in [1.82, 2.24) is 4.57 Å². The molecule has 3 heterocycles. The third-order valence-electron chi connectivity index (χ3n) is 5.87. The van der Waals surface area contributed by atoms with Crippen molar-refractivity contribution >= 4 is 12.1 Å². The van der Waals surface area contributed by atoms with Crippen molar-refractivity contribution in [2.45, 2.75) is 49.7 Å². The molecule has 0 amide bonds. The Labute approximate surface area is 185 Å². The van der Waals surface area contributed by atoms with Crippen molar-refractivity contribution in [3.63, 3.8) is 0 Å². The van der Waals surface area contributed by atoms with E-state index < -0.39 is 47.7 Å². The van der Waals surface area contributed by atoms with Gasteiger partial charge in [-0.2, -0.15) is 13.2 Å². The van der Waals surface area contributed by atoms with Gasteiger partial charge in [-0.25, -0.2) is 9.38 Å². The summed E-state index contributed by atoms with van der Waals surface area (Å²) in [7, 11) is 1.37. The number of alkyl halides is 3. The van der Waals surface area contributed by atoms with Crippen LogP contribution < -0.4 is 0 Å². The van der Waals surface area contributed by atoms with Gasteiger partial charge in [0.1, 0.15) is 36.8 Å². The predicted molar refractivity (Wildman–Crippen MR) is 107 cm³/mol. The fourth-order valence-corrected chi connectivity index (χ4v) is 4.14. The van der Waals surface area contributed by atoms with Gasteiger partial charge in [-0.05, 0) is 30.7 Å². The van der Waals surface area contributed by atoms with Crippen LogP contribution in [0.1, 0.15) is 41.6 Å². The summed E-state index contributed by atoms with van der Waals surface area (Å²) < 4.78 is 59.9. The zero-order valence-corrected chi connectivity index (χ0v) is 17.5. The molecule has 8 nitrogen and oxygen atoms in total. The molecule has 1 saturated heterocycles. The Morgan fingerprint density at radius 1 is 1.33 bits per heavy atom. The van der Waals surface area contributed by atoms with Crippen LogP contribution in [0.5, 0.6) is 0 Å². The van der Waals surface area contributed by atoms with Crippen molar-refractivity contribution in [3.8, 4) is 0 Å². The molecule has 3 N–H and O–H groups in total. The van der Waals surface area contributed by atoms with Crippen molar-refractivity contribution in [3.05, 3.63) is 58.7 Å². The number of nitrogens with zero attached hydrogens (tertiary/aromatic N) is 3. The quantitative estimate of drug-likeness (QED) is 0.469. The number of ether oxygens (including phenoxy) is 1. The summed E-state index contributed by atoms with van der Waals surface area (Å²) in [6.45, 7) is 1.22. The first kappa shape index (κ1) is 23.4. The number of amidine groups is 1. The predicted octanol–water partition coefficient (Wildman–Crippen LogP) is 2.32. The lowest BCUT2D eigenvalue weighted by Gasteiger charge is -2.30. The van der Waals surface area contributed by atoms with Gasteiger partial charge in [-0.1, -0.05) is 11.2 Å². The maximum atomic E-state index is 14.0. The van der Waals surface area contributed by atoms with E-state index in [1.54, 1.807) is 23.0 Å². The highest BCUT2D eigenvalue weighted by atomic mass is 19.4. The van der Waals surface area contributed by atoms with Crippen LogP contribution in [0.3, 0.4) is 0 Å². The Hall–Kier alpha value is -2.80. The van der Waals surface area contributed by atoms with Gasteiger partial charge in [-0.3, -0.25) is 0 Å². The monoisotopic (exact) mass is 471 g/mol. The van der Waals surface area contributed by atoms with Gasteiger partial charge in [0.05, 0.1) is 5.56 Å². The summed E-state index contributed by atoms with van der Waals surface area (Å²) in [5.74, 6) is -1.27. The van der Waals surface area contributed by atoms with E-state index in [0.29, 0.717) is 35.6 Å². The molecule has 4 rings (SSSR count). The van der Waals surface area contributed by atoms with Gasteiger partial charge in [0.15, 0.2) is 12.1 Å². The van der Waals surface area contributed by atoms with Crippen LogP contribution in [-0.2, 0) is 22.2 Å². The molecular weight excluding hydrogens is 450 g/mol. The number of hydrogen-bond acceptors (Lipinski definition) is 6. The lowest BCUT2D eigenvalue weighted by Crippen LogP contribution is -2.47. The molecule has 0 aliphatic carbocycles. The summed E-state index contributed by atoms with van der Waals surface area (Å²) in [5, 5.41) is 36.3. The average Bonchev–Trinajstić information content (AvgIpc) is 3.26. The summed E-state index contributed by atoms with van der Waals surface area (Å²) in [5.41, 5.74) is -2.48. The van der Waals surface area contributed by atoms with Crippen LogP contribution in [0, 0.1) is 5.82 Å². The molecule has 0 bridgehead atoms. The van der Waals surface area contributed by atoms with Gasteiger partial charge in [-0.15, -0.1) is 0 Å². The molecule has 12 heteroatoms. The van der Waals surface area contributed by atoms with Crippen molar-refractivity contribution in [2.24, 2.45) is 10.1 Å². The third-order valence-corrected chi connectivity index (χ3v) is 5.87. The van der Waals surface area contributed by atoms with Crippen LogP contribution in [0.15, 0.2) is 40.6 Å². The van der Waals surface area contributed by atoms with Crippen molar-refractivity contribution in [1.29, 1.82) is 0 Å². The van der Waals surface area contributed by atoms with Crippen LogP contribution >= 0.6 is 0 Å². The van der Waals surface area contributed by atoms with E-state index in [4.69, 9.17) is 9.57 Å². The van der Waals surface area contributed by atoms with Gasteiger partial charge in [0, 0.05) is 30.1 Å². The van der Waals surface area contributed by atoms with E-state index in [1.165, 1.54) is 14.0 Å². The Bertz CT molecular complexity index is 1110. The number of aliphatic hydroxyl groups is 3. The zero-order chi connectivity index (χ0) is 24.1. The van der Waals surface area contributed by atoms with E-state index in [2.05, 4.69) is 10.1 Å². The lowest BCUT2D eigenvalue weighted by molar-refractivity contribution is -0.140. The van der Waals surface area contributed by atoms with Gasteiger partial charge < -0.3 is 29.5 Å². The molecule has 5 atom stereocenters. The molecule has 0 spiro atoms. The van der Waals surface area contributed by atoms with E-state index in [1.807, 2.05) is 0 Å². The maximum Gasteiger partial charge on any atom is 0.419 e. The minimum Gasteiger partial charge on any atom is -0.397 e. The minimum atomic E-state index is -4.90. The fraction of sp³-hybridized carbons (Fsp3) is 0.429. The molecule has 0 radical (unpaired) electrons. The Morgan fingerprint density at radius 3 is 2.70 bits per heavy atom. The number of aliphatic hydroxyl groups excluding tert-OH is 2. The number of aliphatic imine (C=N–C) groups is 1. The number of halogens is 4. The standard InChI is InChI=1S/C21H21F4N3O5/c1-20(31)16(30)19(28-8-6-11-14(28)5-7-26-18(11)27-32-2)33-17(20)15(29)10-3-4-12(13(22)9-10)21(23,24)25/h3-4,6-9,15-17,19,29-31H,5H2,1-2H3/b27-18+/t15-,16+,17-,19-,20+/m1/s1. The highest BCUT2D eigenvalue weighted by Crippen LogP contribution is 2.44. The van der Waals surface area contributed by atoms with Gasteiger partial charge >= 0.3 is 6.18 Å². The fourth-order valence-electron chi connectivity index (χ4n) is 4.14. The first-order valence-electron chi connectivity index (χ1n) is 9.91. The summed E-state index contributed by atoms with van der Waals surface area (Å²) in [4.78, 5) is 8.92. The Morgan fingerprint density at radius 2 is 2.06 bits per heavy atom. The molecule has 178 valence electrons. The number of hydrogen-bond donors (Lipinski definition) is 3. The largest absolute Gasteiger partial charge is 0.419 e. The Kier molecular flexibility index (Phi) is 5.81. The first-order chi connectivity index (χ1) is 15.5. The normalized spacial score (nSPS) is 29.4. The number of oxime groups is 1. The number of benzene rings is 1. The molecule has 2 aromatic rings. The van der Waals surface area contributed by atoms with Gasteiger partial charge in [0.25, 0.3) is 0 Å². The maximum absolute atomic E-state index is 14.0. The molecular formula is C21H21F4N3O5. The smallest absolute Gasteiger partial charge is 0.397 e. The molecule has 33 heavy (non-hydrogen) atoms. The average molecular weight is 471 g/mol. The third kappa shape index (κ3) is 3.92. The summed E-state index contributed by atoms with van der Waals surface area (Å²) in [6.07, 6.45) is -7.27. The van der Waals surface area contributed by atoms with Gasteiger partial charge in [0.2, 0.25) is 0 Å². The number of aromatic nitrogens is 1. The minimum absolute atomic E-state index is 0.241. The number of fused-ring (bicyclic) bond motifs is 1. The van der Waals surface area contributed by atoms with Crippen LogP contribution in [-0.4, -0.2) is 56.9 Å². The molecule has 2 aliphatic heterocycles. The SMILES string of the molecule is CO/N=C1/N=CCc2c1ccn2[C@@H]1O[C@H]([C@H](O)c2ccc(C(F)(F)F)c(F)c2)[C@@](C)(O)[C@H]1O. The highest BCUT2D eigenvalue weighted by Gasteiger charge is 2.56. The molecule has 0 unspecified atom stereocenters. The van der Waals surface area contributed by atoms with E-state index in [9.17, 15) is 32.9 Å². The highest BCUT2D eigenvalue weighted by molar-refractivity contribution is 6.06. The van der Waals surface area contributed by atoms with E-state index in [-0.39, 0.29) is 5.56 Å². The summed E-state index contributed by atoms with van der Waals surface area (Å²) in [6, 6.07) is 3.61. The Balaban J connectivity index is 1.65. The molecule has 1 aromatic carbocycles. The topological polar surface area (TPSA) is 109 Å². The second-order valence-corrected chi connectivity index (χ2v) is 8.00. The van der Waals surface area contributed by atoms with E-state index >= 15 is 0 Å². The summed E-state index contributed by atoms with van der Waals surface area (Å²) >= 11 is 0. The lowest BCUT2D eigenvalue weighted by atomic mass is 9.88. The van der Waals surface area contributed by atoms with Crippen LogP contribution in [0.2, 0.25) is 0 Å². The van der Waals surface area contributed by atoms with Crippen molar-refractivity contribution in [2.75, 3.05) is 7.11 Å². The van der Waals surface area contributed by atoms with Crippen LogP contribution in [0.25, 0.3) is 0 Å². The zero-order valence-electron chi connectivity index (χ0n) is 17.5. The molecule has 2 aliphatic rings. The van der Waals surface area contributed by atoms with Crippen molar-refractivity contribution < 1.29 is 42.5 Å². The second-order valence-electron chi connectivity index (χ2n) is 8.00. The molecule has 1 aromatic heterocycles. The number of rotatable bonds is 4. The molecule has 1 fully saturated rings. The van der Waals surface area contributed by atoms with E-state index in [0.717, 1.165) is 6.07 Å². The second kappa shape index (κ2) is 8.20.